The largest absolute Gasteiger partial charge is 3.00 e. The van der Waals surface area contributed by atoms with Gasteiger partial charge in [-0.1, -0.05) is 198 Å². The monoisotopic (exact) mass is 1800 g/mol. The summed E-state index contributed by atoms with van der Waals surface area (Å²) in [5, 5.41) is 78.2. The Bertz CT molecular complexity index is 6780. The van der Waals surface area contributed by atoms with Gasteiger partial charge in [0.2, 0.25) is 0 Å². The van der Waals surface area contributed by atoms with Crippen molar-refractivity contribution in [1.82, 2.24) is 52.7 Å². The van der Waals surface area contributed by atoms with Gasteiger partial charge in [0, 0.05) is 104 Å². The zero-order chi connectivity index (χ0) is 75.8. The molecule has 12 heterocycles. The minimum Gasteiger partial charge on any atom is -0.872 e. The van der Waals surface area contributed by atoms with Crippen molar-refractivity contribution in [3.05, 3.63) is 346 Å². The molecule has 540 valence electrons. The summed E-state index contributed by atoms with van der Waals surface area (Å²) in [7, 11) is 0. The van der Waals surface area contributed by atoms with Crippen LogP contribution in [0.5, 0.6) is 34.5 Å². The number of pyridine rings is 2. The minimum absolute atomic E-state index is 0. The predicted octanol–water partition coefficient (Wildman–Crippen LogP) is 16.4. The van der Waals surface area contributed by atoms with E-state index in [0.29, 0.717) is 65.8 Å². The Hall–Kier alpha value is -12.0. The molecular formula is C92H57Al2Ga2N11O8SZn2+10. The predicted molar refractivity (Wildman–Crippen MR) is 454 cm³/mol. The summed E-state index contributed by atoms with van der Waals surface area (Å²) in [6.45, 7) is 0. The maximum Gasteiger partial charge on any atom is 3.00 e. The van der Waals surface area contributed by atoms with Crippen molar-refractivity contribution >= 4 is 217 Å². The van der Waals surface area contributed by atoms with E-state index in [-0.39, 0.29) is 148 Å². The Kier molecular flexibility index (Phi) is 27.2. The quantitative estimate of drug-likeness (QED) is 0.145. The van der Waals surface area contributed by atoms with Crippen LogP contribution in [0.15, 0.2) is 355 Å². The van der Waals surface area contributed by atoms with Crippen molar-refractivity contribution in [2.45, 2.75) is 0 Å². The van der Waals surface area contributed by atoms with Gasteiger partial charge in [-0.15, -0.1) is 11.3 Å². The molecule has 0 bridgehead atoms. The third-order valence-corrected chi connectivity index (χ3v) is 20.2. The number of rotatable bonds is 5. The normalized spacial score (nSPS) is 10.7. The van der Waals surface area contributed by atoms with Crippen LogP contribution in [0, 0.1) is 0 Å². The van der Waals surface area contributed by atoms with E-state index in [1.54, 1.807) is 128 Å². The molecule has 23 rings (SSSR count). The second-order valence-electron chi connectivity index (χ2n) is 25.8. The Balaban J connectivity index is 0.000000129. The molecule has 11 aromatic carbocycles. The molecule has 12 aromatic heterocycles. The molecular weight excluding hydrogens is 1740 g/mol. The van der Waals surface area contributed by atoms with E-state index in [0.717, 1.165) is 93.9 Å². The molecule has 26 heteroatoms. The van der Waals surface area contributed by atoms with Gasteiger partial charge in [0.05, 0.1) is 66.1 Å². The van der Waals surface area contributed by atoms with E-state index in [9.17, 15) is 30.6 Å². The third kappa shape index (κ3) is 15.8. The molecule has 0 saturated heterocycles. The summed E-state index contributed by atoms with van der Waals surface area (Å²) in [6, 6.07) is 92.9. The van der Waals surface area contributed by atoms with Crippen LogP contribution in [0.1, 0.15) is 0 Å². The molecule has 0 N–H and O–H groups in total. The van der Waals surface area contributed by atoms with Crippen LogP contribution in [-0.4, -0.2) is 127 Å². The van der Waals surface area contributed by atoms with Gasteiger partial charge in [0.1, 0.15) is 22.2 Å². The minimum atomic E-state index is -0.0253. The number of hydrogen-bond donors (Lipinski definition) is 0. The molecule has 0 atom stereocenters. The van der Waals surface area contributed by atoms with E-state index in [1.807, 2.05) is 239 Å². The molecule has 19 nitrogen and oxygen atoms in total. The molecule has 0 spiro atoms. The van der Waals surface area contributed by atoms with Gasteiger partial charge in [-0.3, -0.25) is 29.1 Å². The Morgan fingerprint density at radius 3 is 0.958 bits per heavy atom. The number of fused-ring (bicyclic) bond motifs is 18. The maximum absolute atomic E-state index is 12.2. The first-order valence-electron chi connectivity index (χ1n) is 35.6. The Labute approximate surface area is 749 Å². The fourth-order valence-corrected chi connectivity index (χ4v) is 15.5. The summed E-state index contributed by atoms with van der Waals surface area (Å²) < 4.78 is 22.1. The summed E-state index contributed by atoms with van der Waals surface area (Å²) in [5.41, 5.74) is 18.6. The Morgan fingerprint density at radius 1 is 0.254 bits per heavy atom. The summed E-state index contributed by atoms with van der Waals surface area (Å²) in [4.78, 5) is 26.3. The van der Waals surface area contributed by atoms with Crippen LogP contribution >= 0.6 is 11.3 Å². The number of hydrogen-bond acceptors (Lipinski definition) is 15. The van der Waals surface area contributed by atoms with Crippen molar-refractivity contribution < 1.29 is 78.4 Å². The van der Waals surface area contributed by atoms with Gasteiger partial charge in [0.25, 0.3) is 0 Å². The summed E-state index contributed by atoms with van der Waals surface area (Å²) in [5.74, 6) is 0.0120. The molecule has 0 amide bonds. The second kappa shape index (κ2) is 37.5. The first-order chi connectivity index (χ1) is 55.2. The average Bonchev–Trinajstić information content (AvgIpc) is 1.49. The van der Waals surface area contributed by atoms with E-state index in [1.165, 1.54) is 0 Å². The smallest absolute Gasteiger partial charge is 0.872 e. The summed E-state index contributed by atoms with van der Waals surface area (Å²) in [6.07, 6.45) is 11.6. The number of furan rings is 2. The SMILES string of the molecule is [Al+3].[Al+3].[Ga+3].[Ga+3].[O-]c1cccc2c1c1ncccc1n2-c1ccccc1.[O-]c1cccc2c1c1ncccc1n2-c1ccccc1.[O-]c1cccc2c1c1nccnc1n2-c1ccccc1.[O-]c1cccc2c1c1nccnc1n2-c1ccccc1.[O-]c1cccc2c1c1occc1n2-c1ccccc1.[O-]c1cccc2oc3ccsc3c12.[Zn+2].[Zn+2]. The van der Waals surface area contributed by atoms with E-state index >= 15 is 0 Å². The molecule has 23 aromatic rings. The van der Waals surface area contributed by atoms with Crippen molar-refractivity contribution in [2.24, 2.45) is 0 Å². The van der Waals surface area contributed by atoms with Crippen LogP contribution in [0.4, 0.5) is 0 Å². The Morgan fingerprint density at radius 2 is 0.559 bits per heavy atom. The molecule has 118 heavy (non-hydrogen) atoms. The van der Waals surface area contributed by atoms with Gasteiger partial charge >= 0.3 is 113 Å². The number of thiophene rings is 1. The van der Waals surface area contributed by atoms with Crippen molar-refractivity contribution in [1.29, 1.82) is 0 Å². The molecule has 0 saturated carbocycles. The molecule has 0 radical (unpaired) electrons. The number of aromatic nitrogens is 11. The van der Waals surface area contributed by atoms with Gasteiger partial charge in [0.15, 0.2) is 16.9 Å². The molecule has 0 aliphatic heterocycles. The maximum atomic E-state index is 12.2. The third-order valence-electron chi connectivity index (χ3n) is 19.3. The molecule has 0 unspecified atom stereocenters. The summed E-state index contributed by atoms with van der Waals surface area (Å²) >= 11 is 1.54. The zero-order valence-corrected chi connectivity index (χ0v) is 76.6. The standard InChI is InChI=1S/2C17H12N2O.2C16H11N3O.C16H11NO2.C10H6O2S.2Al.2Ga.2Zn/c2*20-15-10-4-8-13-16(15)17-14(9-5-11-18-17)19(13)12-6-2-1-3-7-12;2*20-13-8-4-7-12-14(13)15-16(18-10-9-17-15)19(12)11-5-2-1-3-6-11;18-14-8-4-7-12-15(14)16-13(9-10-19-16)17(12)11-5-2-1-3-6-11;11-6-2-1-3-7-9(6)10-8(12-7)4-5-13-10;;;;;;/h2*1-11,20H;2*1-10,20H;1-10,18H;1-5,11H;;;;;;/q;;;;;;4*+3;2*+2/p-6. The van der Waals surface area contributed by atoms with Crippen LogP contribution in [0.25, 0.3) is 160 Å². The van der Waals surface area contributed by atoms with E-state index in [2.05, 4.69) is 43.6 Å². The topological polar surface area (TPSA) is 267 Å². The van der Waals surface area contributed by atoms with Gasteiger partial charge in [-0.05, 0) is 133 Å². The van der Waals surface area contributed by atoms with Crippen molar-refractivity contribution in [3.8, 4) is 62.9 Å². The first kappa shape index (κ1) is 85.4. The number of benzene rings is 11. The fraction of sp³-hybridized carbons (Fsp3) is 0. The number of nitrogens with zero attached hydrogens (tertiary/aromatic N) is 11. The average molecular weight is 1800 g/mol. The number of para-hydroxylation sites is 5. The first-order valence-corrected chi connectivity index (χ1v) is 36.5. The second-order valence-corrected chi connectivity index (χ2v) is 26.7. The van der Waals surface area contributed by atoms with E-state index < -0.39 is 0 Å². The zero-order valence-electron chi connectivity index (χ0n) is 62.7. The van der Waals surface area contributed by atoms with Gasteiger partial charge in [-0.25, -0.2) is 9.97 Å². The molecule has 0 aliphatic rings. The van der Waals surface area contributed by atoms with Gasteiger partial charge in [-0.2, -0.15) is 0 Å². The molecule has 0 fully saturated rings. The van der Waals surface area contributed by atoms with Crippen molar-refractivity contribution in [3.63, 3.8) is 0 Å². The van der Waals surface area contributed by atoms with Crippen LogP contribution in [0.3, 0.4) is 0 Å². The van der Waals surface area contributed by atoms with Crippen LogP contribution < -0.4 is 30.6 Å². The van der Waals surface area contributed by atoms with Crippen LogP contribution in [0.2, 0.25) is 0 Å². The molecule has 0 aliphatic carbocycles. The van der Waals surface area contributed by atoms with Gasteiger partial charge < -0.3 is 53.2 Å². The van der Waals surface area contributed by atoms with Crippen molar-refractivity contribution in [2.75, 3.05) is 0 Å². The van der Waals surface area contributed by atoms with E-state index in [4.69, 9.17) is 8.83 Å². The fourth-order valence-electron chi connectivity index (χ4n) is 14.6. The van der Waals surface area contributed by atoms with Crippen LogP contribution in [-0.2, 0) is 39.0 Å².